The van der Waals surface area contributed by atoms with Crippen LogP contribution in [0.2, 0.25) is 0 Å². The van der Waals surface area contributed by atoms with Gasteiger partial charge in [-0.1, -0.05) is 25.1 Å². The van der Waals surface area contributed by atoms with Gasteiger partial charge in [-0.2, -0.15) is 0 Å². The van der Waals surface area contributed by atoms with Crippen LogP contribution in [-0.2, 0) is 0 Å². The number of aromatic nitrogens is 1. The number of hydrogen-bond donors (Lipinski definition) is 2. The maximum absolute atomic E-state index is 8.63. The molecule has 3 N–H and O–H groups in total. The van der Waals surface area contributed by atoms with Crippen molar-refractivity contribution in [1.82, 2.24) is 4.98 Å². The first-order valence-corrected chi connectivity index (χ1v) is 5.78. The molecule has 1 rings (SSSR count). The summed E-state index contributed by atoms with van der Waals surface area (Å²) in [5, 5.41) is 11.6. The van der Waals surface area contributed by atoms with E-state index in [1.54, 1.807) is 6.07 Å². The molecule has 0 radical (unpaired) electrons. The van der Waals surface area contributed by atoms with Gasteiger partial charge in [0.2, 0.25) is 0 Å². The van der Waals surface area contributed by atoms with E-state index < -0.39 is 0 Å². The van der Waals surface area contributed by atoms with Crippen molar-refractivity contribution in [2.75, 3.05) is 18.0 Å². The van der Waals surface area contributed by atoms with Crippen LogP contribution in [-0.4, -0.2) is 29.1 Å². The molecule has 0 aromatic carbocycles. The molecule has 17 heavy (non-hydrogen) atoms. The Labute approximate surface area is 102 Å². The molecule has 0 saturated carbocycles. The fourth-order valence-corrected chi connectivity index (χ4v) is 1.62. The van der Waals surface area contributed by atoms with Crippen molar-refractivity contribution in [3.8, 4) is 0 Å². The lowest BCUT2D eigenvalue weighted by Gasteiger charge is -2.24. The Hall–Kier alpha value is -1.78. The highest BCUT2D eigenvalue weighted by Gasteiger charge is 2.09. The molecule has 0 spiro atoms. The van der Waals surface area contributed by atoms with Gasteiger partial charge in [-0.3, -0.25) is 0 Å². The van der Waals surface area contributed by atoms with Gasteiger partial charge in [0, 0.05) is 13.1 Å². The minimum Gasteiger partial charge on any atom is -0.409 e. The molecule has 5 nitrogen and oxygen atoms in total. The van der Waals surface area contributed by atoms with Crippen LogP contribution in [0, 0.1) is 5.92 Å². The number of hydrogen-bond acceptors (Lipinski definition) is 4. The molecule has 0 aliphatic rings. The van der Waals surface area contributed by atoms with E-state index in [9.17, 15) is 0 Å². The standard InChI is InChI=1S/C12H20N4O/c1-4-16(8-9(2)3)11-7-5-6-10(14-11)12(13)15-17/h5-7,9,17H,4,8H2,1-3H3,(H2,13,15). The summed E-state index contributed by atoms with van der Waals surface area (Å²) in [4.78, 5) is 6.54. The fourth-order valence-electron chi connectivity index (χ4n) is 1.62. The molecule has 0 aliphatic heterocycles. The minimum absolute atomic E-state index is 0.0347. The summed E-state index contributed by atoms with van der Waals surface area (Å²) in [5.41, 5.74) is 6.02. The molecule has 0 atom stereocenters. The van der Waals surface area contributed by atoms with Crippen molar-refractivity contribution in [2.24, 2.45) is 16.8 Å². The molecule has 1 aromatic rings. The van der Waals surface area contributed by atoms with Crippen LogP contribution in [0.3, 0.4) is 0 Å². The predicted octanol–water partition coefficient (Wildman–Crippen LogP) is 1.66. The first-order valence-electron chi connectivity index (χ1n) is 5.78. The molecular weight excluding hydrogens is 216 g/mol. The van der Waals surface area contributed by atoms with Gasteiger partial charge in [0.1, 0.15) is 11.5 Å². The summed E-state index contributed by atoms with van der Waals surface area (Å²) in [6.07, 6.45) is 0. The molecule has 0 aliphatic carbocycles. The summed E-state index contributed by atoms with van der Waals surface area (Å²) in [5.74, 6) is 1.45. The van der Waals surface area contributed by atoms with Crippen molar-refractivity contribution >= 4 is 11.7 Å². The Kier molecular flexibility index (Phi) is 4.75. The van der Waals surface area contributed by atoms with E-state index >= 15 is 0 Å². The summed E-state index contributed by atoms with van der Waals surface area (Å²) in [6.45, 7) is 8.22. The average Bonchev–Trinajstić information content (AvgIpc) is 2.34. The third-order valence-corrected chi connectivity index (χ3v) is 2.40. The molecule has 94 valence electrons. The van der Waals surface area contributed by atoms with Gasteiger partial charge in [0.15, 0.2) is 5.84 Å². The highest BCUT2D eigenvalue weighted by molar-refractivity contribution is 5.95. The van der Waals surface area contributed by atoms with E-state index in [0.29, 0.717) is 11.6 Å². The average molecular weight is 236 g/mol. The second-order valence-corrected chi connectivity index (χ2v) is 4.30. The van der Waals surface area contributed by atoms with Crippen LogP contribution in [0.25, 0.3) is 0 Å². The van der Waals surface area contributed by atoms with Gasteiger partial charge in [0.05, 0.1) is 0 Å². The van der Waals surface area contributed by atoms with E-state index in [2.05, 4.69) is 35.8 Å². The van der Waals surface area contributed by atoms with Crippen molar-refractivity contribution in [3.05, 3.63) is 23.9 Å². The van der Waals surface area contributed by atoms with Gasteiger partial charge in [-0.15, -0.1) is 0 Å². The second-order valence-electron chi connectivity index (χ2n) is 4.30. The van der Waals surface area contributed by atoms with E-state index in [4.69, 9.17) is 10.9 Å². The zero-order chi connectivity index (χ0) is 12.8. The molecular formula is C12H20N4O. The number of nitrogens with two attached hydrogens (primary N) is 1. The largest absolute Gasteiger partial charge is 0.409 e. The lowest BCUT2D eigenvalue weighted by atomic mass is 10.2. The summed E-state index contributed by atoms with van der Waals surface area (Å²) in [6, 6.07) is 5.51. The Balaban J connectivity index is 2.96. The number of pyridine rings is 1. The quantitative estimate of drug-likeness (QED) is 0.353. The van der Waals surface area contributed by atoms with E-state index in [1.807, 2.05) is 12.1 Å². The third kappa shape index (κ3) is 3.62. The van der Waals surface area contributed by atoms with Crippen molar-refractivity contribution in [2.45, 2.75) is 20.8 Å². The molecule has 0 unspecified atom stereocenters. The number of nitrogens with zero attached hydrogens (tertiary/aromatic N) is 3. The third-order valence-electron chi connectivity index (χ3n) is 2.40. The van der Waals surface area contributed by atoms with Gasteiger partial charge < -0.3 is 15.8 Å². The Morgan fingerprint density at radius 2 is 2.24 bits per heavy atom. The Bertz CT molecular complexity index is 390. The van der Waals surface area contributed by atoms with Crippen molar-refractivity contribution < 1.29 is 5.21 Å². The van der Waals surface area contributed by atoms with Gasteiger partial charge in [-0.05, 0) is 25.0 Å². The van der Waals surface area contributed by atoms with E-state index in [-0.39, 0.29) is 5.84 Å². The predicted molar refractivity (Wildman–Crippen MR) is 69.5 cm³/mol. The monoisotopic (exact) mass is 236 g/mol. The smallest absolute Gasteiger partial charge is 0.188 e. The number of oxime groups is 1. The molecule has 5 heteroatoms. The Morgan fingerprint density at radius 1 is 1.53 bits per heavy atom. The summed E-state index contributed by atoms with van der Waals surface area (Å²) in [7, 11) is 0. The zero-order valence-corrected chi connectivity index (χ0v) is 10.6. The fraction of sp³-hybridized carbons (Fsp3) is 0.500. The van der Waals surface area contributed by atoms with Crippen LogP contribution >= 0.6 is 0 Å². The second kappa shape index (κ2) is 6.08. The van der Waals surface area contributed by atoms with Crippen LogP contribution < -0.4 is 10.6 Å². The van der Waals surface area contributed by atoms with Gasteiger partial charge in [-0.25, -0.2) is 4.98 Å². The number of anilines is 1. The lowest BCUT2D eigenvalue weighted by molar-refractivity contribution is 0.318. The van der Waals surface area contributed by atoms with E-state index in [0.717, 1.165) is 18.9 Å². The first kappa shape index (κ1) is 13.3. The van der Waals surface area contributed by atoms with Gasteiger partial charge >= 0.3 is 0 Å². The van der Waals surface area contributed by atoms with Crippen LogP contribution in [0.5, 0.6) is 0 Å². The van der Waals surface area contributed by atoms with Crippen molar-refractivity contribution in [1.29, 1.82) is 0 Å². The normalized spacial score (nSPS) is 11.9. The highest BCUT2D eigenvalue weighted by Crippen LogP contribution is 2.13. The molecule has 0 saturated heterocycles. The molecule has 0 bridgehead atoms. The van der Waals surface area contributed by atoms with Crippen molar-refractivity contribution in [3.63, 3.8) is 0 Å². The SMILES string of the molecule is CCN(CC(C)C)c1cccc(C(N)=NO)n1. The number of amidine groups is 1. The Morgan fingerprint density at radius 3 is 2.76 bits per heavy atom. The van der Waals surface area contributed by atoms with Crippen LogP contribution in [0.15, 0.2) is 23.4 Å². The molecule has 0 fully saturated rings. The topological polar surface area (TPSA) is 74.7 Å². The lowest BCUT2D eigenvalue weighted by Crippen LogP contribution is -2.28. The first-order chi connectivity index (χ1) is 8.08. The molecule has 1 heterocycles. The van der Waals surface area contributed by atoms with E-state index in [1.165, 1.54) is 0 Å². The minimum atomic E-state index is 0.0347. The van der Waals surface area contributed by atoms with Crippen LogP contribution in [0.1, 0.15) is 26.5 Å². The summed E-state index contributed by atoms with van der Waals surface area (Å²) < 4.78 is 0. The number of rotatable bonds is 5. The van der Waals surface area contributed by atoms with Gasteiger partial charge in [0.25, 0.3) is 0 Å². The maximum atomic E-state index is 8.63. The molecule has 0 amide bonds. The highest BCUT2D eigenvalue weighted by atomic mass is 16.4. The zero-order valence-electron chi connectivity index (χ0n) is 10.6. The maximum Gasteiger partial charge on any atom is 0.188 e. The summed E-state index contributed by atoms with van der Waals surface area (Å²) >= 11 is 0. The van der Waals surface area contributed by atoms with Crippen LogP contribution in [0.4, 0.5) is 5.82 Å². The molecule has 1 aromatic heterocycles.